The molecular weight excluding hydrogens is 284 g/mol. The number of carbonyl (C=O) groups excluding carboxylic acids is 2. The van der Waals surface area contributed by atoms with Gasteiger partial charge in [0.25, 0.3) is 0 Å². The number of hydrogen-bond donors (Lipinski definition) is 1. The van der Waals surface area contributed by atoms with E-state index in [0.717, 1.165) is 11.1 Å². The molecular formula is C17H22O5. The van der Waals surface area contributed by atoms with Gasteiger partial charge in [-0.3, -0.25) is 4.79 Å². The molecule has 0 radical (unpaired) electrons. The van der Waals surface area contributed by atoms with Crippen molar-refractivity contribution in [1.29, 1.82) is 0 Å². The molecule has 1 saturated heterocycles. The molecule has 4 atom stereocenters. The molecule has 1 N–H and O–H groups in total. The smallest absolute Gasteiger partial charge is 0.334 e. The topological polar surface area (TPSA) is 72.8 Å². The molecule has 2 rings (SSSR count). The summed E-state index contributed by atoms with van der Waals surface area (Å²) in [6.45, 7) is 8.88. The molecule has 0 unspecified atom stereocenters. The zero-order valence-electron chi connectivity index (χ0n) is 13.2. The summed E-state index contributed by atoms with van der Waals surface area (Å²) >= 11 is 0. The average Bonchev–Trinajstić information content (AvgIpc) is 2.61. The van der Waals surface area contributed by atoms with E-state index in [1.54, 1.807) is 12.2 Å². The number of rotatable bonds is 1. The van der Waals surface area contributed by atoms with Crippen LogP contribution in [-0.4, -0.2) is 35.4 Å². The minimum Gasteiger partial charge on any atom is -0.458 e. The minimum absolute atomic E-state index is 0.328. The summed E-state index contributed by atoms with van der Waals surface area (Å²) in [6.07, 6.45) is 2.84. The second kappa shape index (κ2) is 6.48. The fourth-order valence-corrected chi connectivity index (χ4v) is 3.08. The summed E-state index contributed by atoms with van der Waals surface area (Å²) in [6, 6.07) is 0. The first kappa shape index (κ1) is 16.5. The van der Waals surface area contributed by atoms with Crippen LogP contribution < -0.4 is 0 Å². The summed E-state index contributed by atoms with van der Waals surface area (Å²) in [7, 11) is 0. The predicted octanol–water partition coefficient (Wildman–Crippen LogP) is 2.06. The van der Waals surface area contributed by atoms with Crippen LogP contribution in [0.15, 0.2) is 35.5 Å². The first-order chi connectivity index (χ1) is 10.3. The summed E-state index contributed by atoms with van der Waals surface area (Å²) in [5.74, 6) is -1.28. The highest BCUT2D eigenvalue weighted by atomic mass is 16.6. The molecule has 0 aromatic rings. The number of aliphatic hydroxyl groups is 1. The lowest BCUT2D eigenvalue weighted by Crippen LogP contribution is -2.32. The Morgan fingerprint density at radius 3 is 2.59 bits per heavy atom. The van der Waals surface area contributed by atoms with Gasteiger partial charge in [-0.25, -0.2) is 4.79 Å². The van der Waals surface area contributed by atoms with Crippen molar-refractivity contribution in [2.45, 2.75) is 51.9 Å². The first-order valence-corrected chi connectivity index (χ1v) is 7.37. The van der Waals surface area contributed by atoms with Crippen molar-refractivity contribution in [3.8, 4) is 0 Å². The van der Waals surface area contributed by atoms with Crippen LogP contribution in [-0.2, 0) is 19.1 Å². The number of fused-ring (bicyclic) bond motifs is 1. The molecule has 1 fully saturated rings. The van der Waals surface area contributed by atoms with Gasteiger partial charge in [0.2, 0.25) is 0 Å². The average molecular weight is 306 g/mol. The predicted molar refractivity (Wildman–Crippen MR) is 80.8 cm³/mol. The van der Waals surface area contributed by atoms with Gasteiger partial charge in [-0.2, -0.15) is 0 Å². The fourth-order valence-electron chi connectivity index (χ4n) is 3.08. The highest BCUT2D eigenvalue weighted by molar-refractivity contribution is 5.91. The van der Waals surface area contributed by atoms with Gasteiger partial charge in [-0.05, 0) is 26.3 Å². The minimum atomic E-state index is -0.612. The Labute approximate surface area is 130 Å². The van der Waals surface area contributed by atoms with E-state index in [1.807, 2.05) is 13.8 Å². The van der Waals surface area contributed by atoms with Crippen molar-refractivity contribution < 1.29 is 24.2 Å². The Morgan fingerprint density at radius 1 is 1.32 bits per heavy atom. The molecule has 0 bridgehead atoms. The monoisotopic (exact) mass is 306 g/mol. The van der Waals surface area contributed by atoms with Crippen molar-refractivity contribution in [2.75, 3.05) is 0 Å². The largest absolute Gasteiger partial charge is 0.458 e. The van der Waals surface area contributed by atoms with Crippen LogP contribution >= 0.6 is 0 Å². The second-order valence-corrected chi connectivity index (χ2v) is 6.07. The van der Waals surface area contributed by atoms with E-state index in [-0.39, 0.29) is 0 Å². The molecule has 0 aromatic carbocycles. The molecule has 1 aliphatic carbocycles. The highest BCUT2D eigenvalue weighted by Crippen LogP contribution is 2.36. The number of carbonyl (C=O) groups is 2. The summed E-state index contributed by atoms with van der Waals surface area (Å²) in [5, 5.41) is 10.0. The lowest BCUT2D eigenvalue weighted by molar-refractivity contribution is -0.147. The maximum absolute atomic E-state index is 11.9. The molecule has 1 heterocycles. The molecule has 120 valence electrons. The van der Waals surface area contributed by atoms with Crippen molar-refractivity contribution in [1.82, 2.24) is 0 Å². The maximum Gasteiger partial charge on any atom is 0.334 e. The van der Waals surface area contributed by atoms with Crippen LogP contribution in [0.3, 0.4) is 0 Å². The fraction of sp³-hybridized carbons (Fsp3) is 0.529. The van der Waals surface area contributed by atoms with E-state index in [0.29, 0.717) is 18.4 Å². The third-order valence-corrected chi connectivity index (χ3v) is 3.96. The van der Waals surface area contributed by atoms with Crippen LogP contribution in [0, 0.1) is 5.92 Å². The van der Waals surface area contributed by atoms with Crippen molar-refractivity contribution in [2.24, 2.45) is 5.92 Å². The van der Waals surface area contributed by atoms with Crippen LogP contribution in [0.5, 0.6) is 0 Å². The molecule has 5 heteroatoms. The highest BCUT2D eigenvalue weighted by Gasteiger charge is 2.44. The quantitative estimate of drug-likeness (QED) is 0.456. The van der Waals surface area contributed by atoms with Gasteiger partial charge in [-0.15, -0.1) is 0 Å². The molecule has 2 aliphatic rings. The lowest BCUT2D eigenvalue weighted by atomic mass is 9.85. The molecule has 0 aromatic heterocycles. The standard InChI is InChI=1S/C17H22O5/c1-9-5-13(19)6-10(2)8-15-16(11(3)17(20)22-15)14(7-9)21-12(4)18/h6-7,13-16,19H,3,5,8H2,1-2,4H3/b9-7+,10-6-/t13-,14+,15-,16-/m0/s1. The van der Waals surface area contributed by atoms with E-state index in [2.05, 4.69) is 6.58 Å². The zero-order valence-corrected chi connectivity index (χ0v) is 13.2. The van der Waals surface area contributed by atoms with Crippen molar-refractivity contribution >= 4 is 11.9 Å². The van der Waals surface area contributed by atoms with Crippen molar-refractivity contribution in [3.05, 3.63) is 35.5 Å². The molecule has 0 amide bonds. The summed E-state index contributed by atoms with van der Waals surface area (Å²) in [5.41, 5.74) is 2.14. The second-order valence-electron chi connectivity index (χ2n) is 6.07. The number of ether oxygens (including phenoxy) is 2. The van der Waals surface area contributed by atoms with Gasteiger partial charge in [0, 0.05) is 18.9 Å². The van der Waals surface area contributed by atoms with Gasteiger partial charge in [-0.1, -0.05) is 23.8 Å². The van der Waals surface area contributed by atoms with Crippen LogP contribution in [0.4, 0.5) is 0 Å². The van der Waals surface area contributed by atoms with Gasteiger partial charge in [0.05, 0.1) is 12.0 Å². The lowest BCUT2D eigenvalue weighted by Gasteiger charge is -2.26. The summed E-state index contributed by atoms with van der Waals surface area (Å²) < 4.78 is 10.8. The Hall–Kier alpha value is -1.88. The SMILES string of the molecule is C=C1C(=O)O[C@H]2C/C(C)=C\[C@@H](O)C/C(C)=C/[C@@H](OC(C)=O)[C@H]12. The Kier molecular flexibility index (Phi) is 4.86. The zero-order chi connectivity index (χ0) is 16.4. The molecule has 0 saturated carbocycles. The normalized spacial score (nSPS) is 37.3. The molecule has 22 heavy (non-hydrogen) atoms. The first-order valence-electron chi connectivity index (χ1n) is 7.37. The Balaban J connectivity index is 2.42. The Bertz CT molecular complexity index is 557. The summed E-state index contributed by atoms with van der Waals surface area (Å²) in [4.78, 5) is 23.3. The van der Waals surface area contributed by atoms with Crippen LogP contribution in [0.25, 0.3) is 0 Å². The van der Waals surface area contributed by atoms with Crippen LogP contribution in [0.2, 0.25) is 0 Å². The van der Waals surface area contributed by atoms with E-state index in [9.17, 15) is 14.7 Å². The third kappa shape index (κ3) is 3.65. The maximum atomic E-state index is 11.9. The third-order valence-electron chi connectivity index (χ3n) is 3.96. The van der Waals surface area contributed by atoms with E-state index >= 15 is 0 Å². The van der Waals surface area contributed by atoms with Gasteiger partial charge >= 0.3 is 11.9 Å². The Morgan fingerprint density at radius 2 is 1.95 bits per heavy atom. The number of hydrogen-bond acceptors (Lipinski definition) is 5. The van der Waals surface area contributed by atoms with Gasteiger partial charge in [0.15, 0.2) is 0 Å². The number of aliphatic hydroxyl groups excluding tert-OH is 1. The molecule has 0 spiro atoms. The van der Waals surface area contributed by atoms with Crippen LogP contribution in [0.1, 0.15) is 33.6 Å². The van der Waals surface area contributed by atoms with E-state index < -0.39 is 36.2 Å². The van der Waals surface area contributed by atoms with Crippen molar-refractivity contribution in [3.63, 3.8) is 0 Å². The van der Waals surface area contributed by atoms with Gasteiger partial charge in [0.1, 0.15) is 12.2 Å². The van der Waals surface area contributed by atoms with Gasteiger partial charge < -0.3 is 14.6 Å². The molecule has 5 nitrogen and oxygen atoms in total. The van der Waals surface area contributed by atoms with E-state index in [1.165, 1.54) is 6.92 Å². The van der Waals surface area contributed by atoms with E-state index in [4.69, 9.17) is 9.47 Å². The number of esters is 2. The molecule has 1 aliphatic heterocycles.